The molecule has 3 aliphatic rings. The molecule has 1 aromatic heterocycles. The zero-order chi connectivity index (χ0) is 24.7. The van der Waals surface area contributed by atoms with Crippen molar-refractivity contribution in [1.82, 2.24) is 14.4 Å². The van der Waals surface area contributed by atoms with Crippen LogP contribution in [0.5, 0.6) is 0 Å². The lowest BCUT2D eigenvalue weighted by Crippen LogP contribution is -2.53. The zero-order valence-electron chi connectivity index (χ0n) is 21.3. The summed E-state index contributed by atoms with van der Waals surface area (Å²) in [6.45, 7) is 9.02. The number of Topliss-reactive ketones (excluding diaryl/α,β-unsaturated/α-hetero) is 1. The summed E-state index contributed by atoms with van der Waals surface area (Å²) in [5, 5.41) is 0. The molecule has 5 rings (SSSR count). The van der Waals surface area contributed by atoms with Gasteiger partial charge in [-0.2, -0.15) is 0 Å². The molecule has 2 fully saturated rings. The Bertz CT molecular complexity index is 1180. The second kappa shape index (κ2) is 9.38. The van der Waals surface area contributed by atoms with Gasteiger partial charge in [0, 0.05) is 56.1 Å². The summed E-state index contributed by atoms with van der Waals surface area (Å²) in [4.78, 5) is 45.3. The Hall–Kier alpha value is -2.73. The smallest absolute Gasteiger partial charge is 0.268 e. The average molecular weight is 476 g/mol. The van der Waals surface area contributed by atoms with E-state index < -0.39 is 0 Å². The van der Waals surface area contributed by atoms with Gasteiger partial charge in [0.05, 0.1) is 0 Å². The number of pyridine rings is 1. The minimum atomic E-state index is -0.321. The number of aromatic nitrogens is 1. The SMILES string of the molecule is Cc1ccc(-n2cc3c(c(C(=O)N4CCN(C5CCCCC5)CC4)c2=O)CC(C)(C)CC3=O)cc1. The molecule has 35 heavy (non-hydrogen) atoms. The molecule has 6 nitrogen and oxygen atoms in total. The summed E-state index contributed by atoms with van der Waals surface area (Å²) in [5.74, 6) is -0.213. The maximum Gasteiger partial charge on any atom is 0.268 e. The number of carbonyl (C=O) groups is 2. The Morgan fingerprint density at radius 1 is 0.914 bits per heavy atom. The van der Waals surface area contributed by atoms with Gasteiger partial charge >= 0.3 is 0 Å². The second-order valence-electron chi connectivity index (χ2n) is 11.5. The van der Waals surface area contributed by atoms with Crippen molar-refractivity contribution >= 4 is 11.7 Å². The van der Waals surface area contributed by atoms with E-state index in [0.29, 0.717) is 48.8 Å². The first kappa shape index (κ1) is 24.0. The predicted molar refractivity (Wildman–Crippen MR) is 138 cm³/mol. The van der Waals surface area contributed by atoms with Gasteiger partial charge < -0.3 is 4.90 Å². The quantitative estimate of drug-likeness (QED) is 0.661. The molecular weight excluding hydrogens is 438 g/mol. The summed E-state index contributed by atoms with van der Waals surface area (Å²) in [6, 6.07) is 8.26. The Kier molecular flexibility index (Phi) is 6.43. The van der Waals surface area contributed by atoms with E-state index in [1.54, 1.807) is 6.20 Å². The maximum absolute atomic E-state index is 13.9. The number of rotatable bonds is 3. The molecule has 2 aromatic rings. The second-order valence-corrected chi connectivity index (χ2v) is 11.5. The van der Waals surface area contributed by atoms with Gasteiger partial charge in [-0.1, -0.05) is 50.8 Å². The number of piperazine rings is 1. The number of amides is 1. The molecule has 1 saturated heterocycles. The molecule has 2 aliphatic carbocycles. The molecule has 1 aromatic carbocycles. The number of fused-ring (bicyclic) bond motifs is 1. The molecule has 0 radical (unpaired) electrons. The third-order valence-electron chi connectivity index (χ3n) is 8.13. The fourth-order valence-electron chi connectivity index (χ4n) is 6.16. The van der Waals surface area contributed by atoms with Crippen LogP contribution < -0.4 is 5.56 Å². The van der Waals surface area contributed by atoms with E-state index in [-0.39, 0.29) is 28.2 Å². The Labute approximate surface area is 207 Å². The van der Waals surface area contributed by atoms with Crippen molar-refractivity contribution in [3.63, 3.8) is 0 Å². The fraction of sp³-hybridized carbons (Fsp3) is 0.552. The van der Waals surface area contributed by atoms with Gasteiger partial charge in [0.15, 0.2) is 5.78 Å². The lowest BCUT2D eigenvalue weighted by molar-refractivity contribution is 0.0519. The highest BCUT2D eigenvalue weighted by Crippen LogP contribution is 2.36. The molecule has 6 heteroatoms. The molecule has 0 atom stereocenters. The number of benzene rings is 1. The summed E-state index contributed by atoms with van der Waals surface area (Å²) < 4.78 is 1.50. The topological polar surface area (TPSA) is 62.6 Å². The molecule has 0 bridgehead atoms. The zero-order valence-corrected chi connectivity index (χ0v) is 21.3. The normalized spacial score (nSPS) is 21.1. The highest BCUT2D eigenvalue weighted by molar-refractivity contribution is 6.04. The van der Waals surface area contributed by atoms with Crippen molar-refractivity contribution in [3.05, 3.63) is 63.1 Å². The highest BCUT2D eigenvalue weighted by atomic mass is 16.2. The number of nitrogens with zero attached hydrogens (tertiary/aromatic N) is 3. The minimum absolute atomic E-state index is 0.00767. The van der Waals surface area contributed by atoms with Crippen LogP contribution in [0.1, 0.15) is 84.2 Å². The molecular formula is C29H37N3O3. The van der Waals surface area contributed by atoms with Crippen molar-refractivity contribution in [1.29, 1.82) is 0 Å². The van der Waals surface area contributed by atoms with Crippen LogP contribution in [0.4, 0.5) is 0 Å². The van der Waals surface area contributed by atoms with Crippen molar-refractivity contribution in [2.24, 2.45) is 5.41 Å². The van der Waals surface area contributed by atoms with E-state index >= 15 is 0 Å². The van der Waals surface area contributed by atoms with E-state index in [9.17, 15) is 14.4 Å². The lowest BCUT2D eigenvalue weighted by Gasteiger charge is -2.41. The first-order chi connectivity index (χ1) is 16.7. The van der Waals surface area contributed by atoms with Crippen LogP contribution in [-0.4, -0.2) is 58.3 Å². The van der Waals surface area contributed by atoms with Crippen molar-refractivity contribution in [2.75, 3.05) is 26.2 Å². The molecule has 1 amide bonds. The van der Waals surface area contributed by atoms with Crippen LogP contribution in [0, 0.1) is 12.3 Å². The fourth-order valence-corrected chi connectivity index (χ4v) is 6.16. The third kappa shape index (κ3) is 4.73. The minimum Gasteiger partial charge on any atom is -0.336 e. The van der Waals surface area contributed by atoms with E-state index in [0.717, 1.165) is 18.7 Å². The van der Waals surface area contributed by atoms with Gasteiger partial charge in [0.2, 0.25) is 0 Å². The van der Waals surface area contributed by atoms with E-state index in [2.05, 4.69) is 4.90 Å². The van der Waals surface area contributed by atoms with Gasteiger partial charge in [-0.05, 0) is 49.3 Å². The van der Waals surface area contributed by atoms with Gasteiger partial charge in [-0.25, -0.2) is 0 Å². The summed E-state index contributed by atoms with van der Waals surface area (Å²) in [7, 11) is 0. The lowest BCUT2D eigenvalue weighted by atomic mass is 9.73. The van der Waals surface area contributed by atoms with Crippen molar-refractivity contribution < 1.29 is 9.59 Å². The molecule has 0 N–H and O–H groups in total. The average Bonchev–Trinajstić information content (AvgIpc) is 2.84. The number of aryl methyl sites for hydroxylation is 1. The Morgan fingerprint density at radius 2 is 1.57 bits per heavy atom. The molecule has 1 aliphatic heterocycles. The summed E-state index contributed by atoms with van der Waals surface area (Å²) >= 11 is 0. The highest BCUT2D eigenvalue weighted by Gasteiger charge is 2.37. The van der Waals surface area contributed by atoms with Crippen LogP contribution in [-0.2, 0) is 6.42 Å². The van der Waals surface area contributed by atoms with E-state index in [1.165, 1.54) is 36.7 Å². The number of ketones is 1. The van der Waals surface area contributed by atoms with Gasteiger partial charge in [-0.3, -0.25) is 23.9 Å². The van der Waals surface area contributed by atoms with E-state index in [1.807, 2.05) is 49.9 Å². The van der Waals surface area contributed by atoms with E-state index in [4.69, 9.17) is 0 Å². The number of hydrogen-bond acceptors (Lipinski definition) is 4. The van der Waals surface area contributed by atoms with Gasteiger partial charge in [0.1, 0.15) is 5.56 Å². The standard InChI is InChI=1S/C29H37N3O3/c1-20-9-11-22(12-10-20)32-19-24-23(17-29(2,3)18-25(24)33)26(28(32)35)27(34)31-15-13-30(14-16-31)21-7-5-4-6-8-21/h9-12,19,21H,4-8,13-18H2,1-3H3. The van der Waals surface area contributed by atoms with Crippen LogP contribution in [0.15, 0.2) is 35.3 Å². The Balaban J connectivity index is 1.51. The molecule has 0 unspecified atom stereocenters. The monoisotopic (exact) mass is 475 g/mol. The first-order valence-corrected chi connectivity index (χ1v) is 13.2. The molecule has 1 saturated carbocycles. The van der Waals surface area contributed by atoms with Gasteiger partial charge in [0.25, 0.3) is 11.5 Å². The number of hydrogen-bond donors (Lipinski definition) is 0. The van der Waals surface area contributed by atoms with Crippen LogP contribution in [0.25, 0.3) is 5.69 Å². The summed E-state index contributed by atoms with van der Waals surface area (Å²) in [5.41, 5.74) is 2.52. The summed E-state index contributed by atoms with van der Waals surface area (Å²) in [6.07, 6.45) is 9.05. The van der Waals surface area contributed by atoms with Gasteiger partial charge in [-0.15, -0.1) is 0 Å². The van der Waals surface area contributed by atoms with Crippen LogP contribution in [0.3, 0.4) is 0 Å². The van der Waals surface area contributed by atoms with Crippen molar-refractivity contribution in [3.8, 4) is 5.69 Å². The largest absolute Gasteiger partial charge is 0.336 e. The number of carbonyl (C=O) groups excluding carboxylic acids is 2. The third-order valence-corrected chi connectivity index (χ3v) is 8.13. The Morgan fingerprint density at radius 3 is 2.23 bits per heavy atom. The molecule has 2 heterocycles. The first-order valence-electron chi connectivity index (χ1n) is 13.2. The maximum atomic E-state index is 13.9. The molecule has 0 spiro atoms. The van der Waals surface area contributed by atoms with Crippen LogP contribution in [0.2, 0.25) is 0 Å². The molecule has 186 valence electrons. The van der Waals surface area contributed by atoms with Crippen molar-refractivity contribution in [2.45, 2.75) is 71.8 Å². The van der Waals surface area contributed by atoms with Crippen LogP contribution >= 0.6 is 0 Å². The predicted octanol–water partition coefficient (Wildman–Crippen LogP) is 4.39.